The first kappa shape index (κ1) is 25.2. The highest BCUT2D eigenvalue weighted by atomic mass is 32.2. The van der Waals surface area contributed by atoms with Crippen molar-refractivity contribution in [3.8, 4) is 11.3 Å². The van der Waals surface area contributed by atoms with E-state index in [1.54, 1.807) is 31.2 Å². The Bertz CT molecular complexity index is 1250. The molecule has 0 bridgehead atoms. The molecule has 1 unspecified atom stereocenters. The molecule has 1 aromatic heterocycles. The van der Waals surface area contributed by atoms with E-state index < -0.39 is 10.8 Å². The lowest BCUT2D eigenvalue weighted by Crippen LogP contribution is -2.26. The SMILES string of the molecule is CCC(=O)Nc1ccccc1-c1nnc(SC(CC)C(=O)Nc2c(C)cc(C)cc2C)[nH]c1=O. The number of aromatic nitrogens is 3. The molecule has 0 saturated carbocycles. The first-order valence-electron chi connectivity index (χ1n) is 11.1. The zero-order chi connectivity index (χ0) is 24.8. The number of aromatic amines is 1. The number of carbonyl (C=O) groups is 2. The zero-order valence-electron chi connectivity index (χ0n) is 20.0. The van der Waals surface area contributed by atoms with Gasteiger partial charge in [0.2, 0.25) is 11.8 Å². The number of carbonyl (C=O) groups excluding carboxylic acids is 2. The third-order valence-corrected chi connectivity index (χ3v) is 6.53. The number of thioether (sulfide) groups is 1. The molecule has 0 fully saturated rings. The summed E-state index contributed by atoms with van der Waals surface area (Å²) < 4.78 is 0. The largest absolute Gasteiger partial charge is 0.325 e. The van der Waals surface area contributed by atoms with Crippen molar-refractivity contribution in [1.82, 2.24) is 15.2 Å². The van der Waals surface area contributed by atoms with Gasteiger partial charge < -0.3 is 10.6 Å². The van der Waals surface area contributed by atoms with Gasteiger partial charge in [0.25, 0.3) is 5.56 Å². The van der Waals surface area contributed by atoms with Crippen molar-refractivity contribution < 1.29 is 9.59 Å². The van der Waals surface area contributed by atoms with E-state index in [2.05, 4.69) is 25.8 Å². The molecule has 0 saturated heterocycles. The van der Waals surface area contributed by atoms with Crippen LogP contribution in [0.5, 0.6) is 0 Å². The average Bonchev–Trinajstić information content (AvgIpc) is 2.80. The lowest BCUT2D eigenvalue weighted by Gasteiger charge is -2.17. The fourth-order valence-corrected chi connectivity index (χ4v) is 4.47. The third-order valence-electron chi connectivity index (χ3n) is 5.30. The molecule has 3 N–H and O–H groups in total. The monoisotopic (exact) mass is 479 g/mol. The maximum atomic E-state index is 13.0. The molecule has 178 valence electrons. The average molecular weight is 480 g/mol. The minimum absolute atomic E-state index is 0.0970. The number of benzene rings is 2. The number of anilines is 2. The Morgan fingerprint density at radius 1 is 1.03 bits per heavy atom. The lowest BCUT2D eigenvalue weighted by atomic mass is 10.0. The van der Waals surface area contributed by atoms with Gasteiger partial charge in [-0.3, -0.25) is 19.4 Å². The summed E-state index contributed by atoms with van der Waals surface area (Å²) in [5.74, 6) is -0.332. The van der Waals surface area contributed by atoms with Crippen molar-refractivity contribution >= 4 is 35.0 Å². The summed E-state index contributed by atoms with van der Waals surface area (Å²) in [6.45, 7) is 9.60. The maximum Gasteiger partial charge on any atom is 0.278 e. The number of aryl methyl sites for hydroxylation is 3. The van der Waals surface area contributed by atoms with Gasteiger partial charge in [-0.15, -0.1) is 10.2 Å². The number of hydrogen-bond donors (Lipinski definition) is 3. The molecule has 9 heteroatoms. The number of nitrogens with one attached hydrogen (secondary N) is 3. The van der Waals surface area contributed by atoms with Crippen LogP contribution in [0.2, 0.25) is 0 Å². The van der Waals surface area contributed by atoms with Gasteiger partial charge in [-0.05, 0) is 44.4 Å². The van der Waals surface area contributed by atoms with Crippen molar-refractivity contribution in [3.63, 3.8) is 0 Å². The van der Waals surface area contributed by atoms with Gasteiger partial charge in [0.1, 0.15) is 0 Å². The predicted octanol–water partition coefficient (Wildman–Crippen LogP) is 4.62. The van der Waals surface area contributed by atoms with Crippen molar-refractivity contribution in [2.24, 2.45) is 0 Å². The number of rotatable bonds is 8. The van der Waals surface area contributed by atoms with Crippen LogP contribution in [0, 0.1) is 20.8 Å². The normalized spacial score (nSPS) is 11.7. The van der Waals surface area contributed by atoms with Crippen LogP contribution in [0.4, 0.5) is 11.4 Å². The number of hydrogen-bond acceptors (Lipinski definition) is 6. The van der Waals surface area contributed by atoms with E-state index in [0.717, 1.165) is 34.1 Å². The smallest absolute Gasteiger partial charge is 0.278 e. The summed E-state index contributed by atoms with van der Waals surface area (Å²) >= 11 is 1.16. The maximum absolute atomic E-state index is 13.0. The van der Waals surface area contributed by atoms with E-state index in [4.69, 9.17) is 0 Å². The van der Waals surface area contributed by atoms with E-state index >= 15 is 0 Å². The number of H-pyrrole nitrogens is 1. The van der Waals surface area contributed by atoms with Crippen LogP contribution in [0.25, 0.3) is 11.3 Å². The quantitative estimate of drug-likeness (QED) is 0.406. The van der Waals surface area contributed by atoms with Crippen LogP contribution in [-0.2, 0) is 9.59 Å². The molecular weight excluding hydrogens is 450 g/mol. The van der Waals surface area contributed by atoms with Gasteiger partial charge in [-0.2, -0.15) is 0 Å². The molecular formula is C25H29N5O3S. The Morgan fingerprint density at radius 2 is 1.71 bits per heavy atom. The minimum atomic E-state index is -0.466. The summed E-state index contributed by atoms with van der Waals surface area (Å²) in [4.78, 5) is 40.4. The van der Waals surface area contributed by atoms with Crippen molar-refractivity contribution in [2.45, 2.75) is 57.9 Å². The number of para-hydroxylation sites is 1. The third kappa shape index (κ3) is 5.91. The van der Waals surface area contributed by atoms with E-state index in [1.165, 1.54) is 0 Å². The summed E-state index contributed by atoms with van der Waals surface area (Å²) in [5, 5.41) is 13.8. The highest BCUT2D eigenvalue weighted by molar-refractivity contribution is 8.00. The topological polar surface area (TPSA) is 117 Å². The van der Waals surface area contributed by atoms with Gasteiger partial charge in [-0.25, -0.2) is 0 Å². The zero-order valence-corrected chi connectivity index (χ0v) is 20.8. The van der Waals surface area contributed by atoms with Gasteiger partial charge in [-0.1, -0.05) is 61.5 Å². The summed E-state index contributed by atoms with van der Waals surface area (Å²) in [5.41, 5.74) is 4.55. The van der Waals surface area contributed by atoms with E-state index in [1.807, 2.05) is 39.8 Å². The summed E-state index contributed by atoms with van der Waals surface area (Å²) in [6.07, 6.45) is 0.853. The van der Waals surface area contributed by atoms with Crippen LogP contribution in [0.1, 0.15) is 43.4 Å². The molecule has 34 heavy (non-hydrogen) atoms. The summed E-state index contributed by atoms with van der Waals surface area (Å²) in [7, 11) is 0. The minimum Gasteiger partial charge on any atom is -0.325 e. The molecule has 1 heterocycles. The second-order valence-electron chi connectivity index (χ2n) is 8.03. The highest BCUT2D eigenvalue weighted by Gasteiger charge is 2.22. The van der Waals surface area contributed by atoms with E-state index in [0.29, 0.717) is 24.1 Å². The second kappa shape index (κ2) is 11.1. The summed E-state index contributed by atoms with van der Waals surface area (Å²) in [6, 6.07) is 11.0. The number of nitrogens with zero attached hydrogens (tertiary/aromatic N) is 2. The van der Waals surface area contributed by atoms with Gasteiger partial charge in [0, 0.05) is 17.7 Å². The Morgan fingerprint density at radius 3 is 2.32 bits per heavy atom. The molecule has 0 spiro atoms. The Hall–Kier alpha value is -3.46. The fraction of sp³-hybridized carbons (Fsp3) is 0.320. The lowest BCUT2D eigenvalue weighted by molar-refractivity contribution is -0.116. The molecule has 3 aromatic rings. The van der Waals surface area contributed by atoms with Gasteiger partial charge in [0.15, 0.2) is 10.9 Å². The van der Waals surface area contributed by atoms with Gasteiger partial charge >= 0.3 is 0 Å². The molecule has 0 aliphatic carbocycles. The Kier molecular flexibility index (Phi) is 8.22. The Balaban J connectivity index is 1.81. The first-order chi connectivity index (χ1) is 16.2. The van der Waals surface area contributed by atoms with E-state index in [9.17, 15) is 14.4 Å². The van der Waals surface area contributed by atoms with E-state index in [-0.39, 0.29) is 22.7 Å². The van der Waals surface area contributed by atoms with Crippen molar-refractivity contribution in [3.05, 3.63) is 63.4 Å². The molecule has 0 aliphatic heterocycles. The molecule has 2 aromatic carbocycles. The predicted molar refractivity (Wildman–Crippen MR) is 136 cm³/mol. The standard InChI is InChI=1S/C25H29N5O3S/c1-6-19(23(32)27-21-15(4)12-14(3)13-16(21)5)34-25-28-24(33)22(29-30-25)17-10-8-9-11-18(17)26-20(31)7-2/h8-13,19H,6-7H2,1-5H3,(H,26,31)(H,27,32)(H,28,30,33). The molecule has 1 atom stereocenters. The van der Waals surface area contributed by atoms with Crippen LogP contribution in [0.15, 0.2) is 46.3 Å². The van der Waals surface area contributed by atoms with Crippen LogP contribution in [-0.4, -0.2) is 32.2 Å². The van der Waals surface area contributed by atoms with Crippen LogP contribution >= 0.6 is 11.8 Å². The fourth-order valence-electron chi connectivity index (χ4n) is 3.63. The van der Waals surface area contributed by atoms with Crippen molar-refractivity contribution in [1.29, 1.82) is 0 Å². The highest BCUT2D eigenvalue weighted by Crippen LogP contribution is 2.27. The first-order valence-corrected chi connectivity index (χ1v) is 12.0. The molecule has 0 radical (unpaired) electrons. The number of amides is 2. The van der Waals surface area contributed by atoms with Crippen LogP contribution < -0.4 is 16.2 Å². The molecule has 8 nitrogen and oxygen atoms in total. The molecule has 2 amide bonds. The Labute approximate surface area is 203 Å². The molecule has 3 rings (SSSR count). The molecule has 0 aliphatic rings. The van der Waals surface area contributed by atoms with Gasteiger partial charge in [0.05, 0.1) is 10.9 Å². The van der Waals surface area contributed by atoms with Crippen LogP contribution in [0.3, 0.4) is 0 Å². The second-order valence-corrected chi connectivity index (χ2v) is 9.22. The van der Waals surface area contributed by atoms with Crippen molar-refractivity contribution in [2.75, 3.05) is 10.6 Å².